The van der Waals surface area contributed by atoms with Crippen molar-refractivity contribution in [3.8, 4) is 0 Å². The van der Waals surface area contributed by atoms with Gasteiger partial charge in [0.2, 0.25) is 11.8 Å². The molecule has 0 N–H and O–H groups in total. The Balaban J connectivity index is 1.46. The molecule has 1 saturated carbocycles. The first-order valence-electron chi connectivity index (χ1n) is 8.33. The van der Waals surface area contributed by atoms with Gasteiger partial charge in [-0.05, 0) is 37.1 Å². The molecule has 1 aliphatic heterocycles. The molecule has 0 spiro atoms. The highest BCUT2D eigenvalue weighted by Crippen LogP contribution is 2.28. The Labute approximate surface area is 136 Å². The third-order valence-electron chi connectivity index (χ3n) is 4.78. The average molecular weight is 320 g/mol. The van der Waals surface area contributed by atoms with Crippen molar-refractivity contribution in [2.45, 2.75) is 38.5 Å². The summed E-state index contributed by atoms with van der Waals surface area (Å²) in [6, 6.07) is 4.11. The van der Waals surface area contributed by atoms with E-state index < -0.39 is 0 Å². The summed E-state index contributed by atoms with van der Waals surface area (Å²) in [6.45, 7) is 3.00. The summed E-state index contributed by atoms with van der Waals surface area (Å²) in [5.74, 6) is 0.812. The van der Waals surface area contributed by atoms with Crippen LogP contribution in [-0.2, 0) is 16.0 Å². The molecule has 0 aromatic carbocycles. The molecular formula is C17H24N2O2S. The number of aryl methyl sites for hydroxylation is 1. The fourth-order valence-corrected chi connectivity index (χ4v) is 3.85. The number of hydrogen-bond acceptors (Lipinski definition) is 3. The van der Waals surface area contributed by atoms with Gasteiger partial charge in [0.25, 0.3) is 0 Å². The number of nitrogens with zero attached hydrogens (tertiary/aromatic N) is 2. The summed E-state index contributed by atoms with van der Waals surface area (Å²) < 4.78 is 0. The van der Waals surface area contributed by atoms with Crippen LogP contribution in [0.15, 0.2) is 17.5 Å². The van der Waals surface area contributed by atoms with Crippen LogP contribution in [0.1, 0.15) is 37.0 Å². The monoisotopic (exact) mass is 320 g/mol. The first kappa shape index (κ1) is 15.5. The van der Waals surface area contributed by atoms with Crippen molar-refractivity contribution in [2.75, 3.05) is 26.2 Å². The zero-order valence-electron chi connectivity index (χ0n) is 13.0. The standard InChI is InChI=1S/C17H24N2O2S/c20-16(8-7-15-6-2-13-22-15)18-9-3-10-19(12-11-18)17(21)14-4-1-5-14/h2,6,13-14H,1,3-5,7-12H2. The highest BCUT2D eigenvalue weighted by Gasteiger charge is 2.30. The minimum absolute atomic E-state index is 0.228. The van der Waals surface area contributed by atoms with E-state index >= 15 is 0 Å². The Morgan fingerprint density at radius 1 is 1.09 bits per heavy atom. The molecule has 5 heteroatoms. The van der Waals surface area contributed by atoms with E-state index in [4.69, 9.17) is 0 Å². The maximum Gasteiger partial charge on any atom is 0.225 e. The Bertz CT molecular complexity index is 511. The van der Waals surface area contributed by atoms with Crippen molar-refractivity contribution in [3.05, 3.63) is 22.4 Å². The van der Waals surface area contributed by atoms with Gasteiger partial charge in [-0.25, -0.2) is 0 Å². The van der Waals surface area contributed by atoms with Crippen molar-refractivity contribution in [1.29, 1.82) is 0 Å². The maximum absolute atomic E-state index is 12.4. The molecule has 22 heavy (non-hydrogen) atoms. The summed E-state index contributed by atoms with van der Waals surface area (Å²) in [5, 5.41) is 2.05. The topological polar surface area (TPSA) is 40.6 Å². The molecular weight excluding hydrogens is 296 g/mol. The van der Waals surface area contributed by atoms with E-state index in [0.717, 1.165) is 38.8 Å². The van der Waals surface area contributed by atoms with Gasteiger partial charge >= 0.3 is 0 Å². The van der Waals surface area contributed by atoms with Gasteiger partial charge in [0, 0.05) is 43.4 Å². The molecule has 0 unspecified atom stereocenters. The van der Waals surface area contributed by atoms with Crippen molar-refractivity contribution in [2.24, 2.45) is 5.92 Å². The first-order valence-corrected chi connectivity index (χ1v) is 9.21. The minimum Gasteiger partial charge on any atom is -0.341 e. The van der Waals surface area contributed by atoms with Crippen molar-refractivity contribution < 1.29 is 9.59 Å². The van der Waals surface area contributed by atoms with Crippen molar-refractivity contribution in [1.82, 2.24) is 9.80 Å². The van der Waals surface area contributed by atoms with Gasteiger partial charge in [0.05, 0.1) is 0 Å². The Morgan fingerprint density at radius 3 is 2.55 bits per heavy atom. The lowest BCUT2D eigenvalue weighted by molar-refractivity contribution is -0.138. The fourth-order valence-electron chi connectivity index (χ4n) is 3.14. The van der Waals surface area contributed by atoms with Crippen molar-refractivity contribution in [3.63, 3.8) is 0 Å². The summed E-state index contributed by atoms with van der Waals surface area (Å²) in [4.78, 5) is 29.9. The predicted molar refractivity (Wildman–Crippen MR) is 87.8 cm³/mol. The molecule has 0 bridgehead atoms. The van der Waals surface area contributed by atoms with E-state index in [9.17, 15) is 9.59 Å². The van der Waals surface area contributed by atoms with E-state index in [-0.39, 0.29) is 11.8 Å². The molecule has 3 rings (SSSR count). The molecule has 120 valence electrons. The number of carbonyl (C=O) groups is 2. The van der Waals surface area contributed by atoms with E-state index in [1.807, 2.05) is 15.9 Å². The molecule has 2 fully saturated rings. The number of hydrogen-bond donors (Lipinski definition) is 0. The molecule has 2 heterocycles. The van der Waals surface area contributed by atoms with Crippen LogP contribution in [0.2, 0.25) is 0 Å². The van der Waals surface area contributed by atoms with Gasteiger partial charge in [-0.1, -0.05) is 12.5 Å². The summed E-state index contributed by atoms with van der Waals surface area (Å²) in [7, 11) is 0. The maximum atomic E-state index is 12.4. The second kappa shape index (κ2) is 7.27. The molecule has 4 nitrogen and oxygen atoms in total. The van der Waals surface area contributed by atoms with Crippen molar-refractivity contribution >= 4 is 23.2 Å². The molecule has 1 aromatic heterocycles. The van der Waals surface area contributed by atoms with E-state index in [2.05, 4.69) is 11.4 Å². The Morgan fingerprint density at radius 2 is 1.86 bits per heavy atom. The van der Waals surface area contributed by atoms with Crippen LogP contribution < -0.4 is 0 Å². The predicted octanol–water partition coefficient (Wildman–Crippen LogP) is 2.54. The lowest BCUT2D eigenvalue weighted by Gasteiger charge is -2.31. The number of amides is 2. The van der Waals surface area contributed by atoms with Crippen LogP contribution in [0.3, 0.4) is 0 Å². The van der Waals surface area contributed by atoms with E-state index in [1.165, 1.54) is 11.3 Å². The highest BCUT2D eigenvalue weighted by molar-refractivity contribution is 7.09. The molecule has 2 aliphatic rings. The van der Waals surface area contributed by atoms with Gasteiger partial charge in [-0.2, -0.15) is 0 Å². The quantitative estimate of drug-likeness (QED) is 0.855. The van der Waals surface area contributed by atoms with E-state index in [1.54, 1.807) is 11.3 Å². The normalized spacial score (nSPS) is 19.6. The highest BCUT2D eigenvalue weighted by atomic mass is 32.1. The fraction of sp³-hybridized carbons (Fsp3) is 0.647. The first-order chi connectivity index (χ1) is 10.7. The Kier molecular flexibility index (Phi) is 5.13. The lowest BCUT2D eigenvalue weighted by Crippen LogP contribution is -2.41. The molecule has 2 amide bonds. The summed E-state index contributed by atoms with van der Waals surface area (Å²) in [6.07, 6.45) is 5.62. The second-order valence-electron chi connectivity index (χ2n) is 6.27. The lowest BCUT2D eigenvalue weighted by atomic mass is 9.84. The van der Waals surface area contributed by atoms with Gasteiger partial charge in [-0.3, -0.25) is 9.59 Å². The smallest absolute Gasteiger partial charge is 0.225 e. The third kappa shape index (κ3) is 3.69. The number of thiophene rings is 1. The molecule has 0 radical (unpaired) electrons. The number of rotatable bonds is 4. The number of carbonyl (C=O) groups excluding carboxylic acids is 2. The van der Waals surface area contributed by atoms with Gasteiger partial charge < -0.3 is 9.80 Å². The van der Waals surface area contributed by atoms with Crippen LogP contribution >= 0.6 is 11.3 Å². The van der Waals surface area contributed by atoms with Crippen LogP contribution in [0.25, 0.3) is 0 Å². The average Bonchev–Trinajstić information content (AvgIpc) is 2.85. The molecule has 1 aromatic rings. The van der Waals surface area contributed by atoms with Gasteiger partial charge in [0.15, 0.2) is 0 Å². The Hall–Kier alpha value is -1.36. The van der Waals surface area contributed by atoms with Crippen LogP contribution in [0.5, 0.6) is 0 Å². The van der Waals surface area contributed by atoms with Crippen LogP contribution in [0.4, 0.5) is 0 Å². The zero-order valence-corrected chi connectivity index (χ0v) is 13.8. The van der Waals surface area contributed by atoms with Gasteiger partial charge in [0.1, 0.15) is 0 Å². The summed E-state index contributed by atoms with van der Waals surface area (Å²) in [5.41, 5.74) is 0. The molecule has 0 atom stereocenters. The minimum atomic E-state index is 0.228. The van der Waals surface area contributed by atoms with E-state index in [0.29, 0.717) is 25.4 Å². The molecule has 1 aliphatic carbocycles. The van der Waals surface area contributed by atoms with Crippen LogP contribution in [-0.4, -0.2) is 47.8 Å². The van der Waals surface area contributed by atoms with Crippen LogP contribution in [0, 0.1) is 5.92 Å². The second-order valence-corrected chi connectivity index (χ2v) is 7.30. The van der Waals surface area contributed by atoms with Gasteiger partial charge in [-0.15, -0.1) is 11.3 Å². The third-order valence-corrected chi connectivity index (χ3v) is 5.72. The largest absolute Gasteiger partial charge is 0.341 e. The SMILES string of the molecule is O=C(CCc1cccs1)N1CCCN(C(=O)C2CCC2)CC1. The zero-order chi connectivity index (χ0) is 15.4. The molecule has 1 saturated heterocycles. The summed E-state index contributed by atoms with van der Waals surface area (Å²) >= 11 is 1.71.